The quantitative estimate of drug-likeness (QED) is 0.497. The summed E-state index contributed by atoms with van der Waals surface area (Å²) in [6, 6.07) is 9.88. The zero-order chi connectivity index (χ0) is 21.2. The third-order valence-corrected chi connectivity index (χ3v) is 4.80. The van der Waals surface area contributed by atoms with Gasteiger partial charge in [0.1, 0.15) is 0 Å². The molecule has 1 aromatic carbocycles. The van der Waals surface area contributed by atoms with Crippen LogP contribution < -0.4 is 5.32 Å². The van der Waals surface area contributed by atoms with Crippen LogP contribution in [-0.4, -0.2) is 25.4 Å². The zero-order valence-electron chi connectivity index (χ0n) is 17.0. The van der Waals surface area contributed by atoms with E-state index in [1.807, 2.05) is 56.5 Å². The van der Waals surface area contributed by atoms with E-state index in [0.717, 1.165) is 6.42 Å². The number of aromatic nitrogens is 3. The van der Waals surface area contributed by atoms with Gasteiger partial charge in [-0.2, -0.15) is 0 Å². The summed E-state index contributed by atoms with van der Waals surface area (Å²) in [6.07, 6.45) is 3.35. The number of rotatable bonds is 6. The monoisotopic (exact) mass is 395 g/mol. The second-order valence-electron chi connectivity index (χ2n) is 8.04. The van der Waals surface area contributed by atoms with Crippen molar-refractivity contribution in [2.45, 2.75) is 52.0 Å². The molecular formula is C21H25N5O3. The van der Waals surface area contributed by atoms with Gasteiger partial charge >= 0.3 is 0 Å². The summed E-state index contributed by atoms with van der Waals surface area (Å²) in [5.41, 5.74) is 1.09. The average Bonchev–Trinajstić information content (AvgIpc) is 3.10. The molecule has 152 valence electrons. The number of hydrogen-bond acceptors (Lipinski definition) is 5. The van der Waals surface area contributed by atoms with Gasteiger partial charge in [0.15, 0.2) is 11.5 Å². The van der Waals surface area contributed by atoms with Gasteiger partial charge in [0.05, 0.1) is 11.0 Å². The van der Waals surface area contributed by atoms with Gasteiger partial charge in [0.25, 0.3) is 11.6 Å². The molecule has 2 heterocycles. The molecule has 0 radical (unpaired) electrons. The maximum atomic E-state index is 12.9. The highest BCUT2D eigenvalue weighted by molar-refractivity contribution is 5.95. The van der Waals surface area contributed by atoms with Crippen molar-refractivity contribution < 1.29 is 9.72 Å². The highest BCUT2D eigenvalue weighted by atomic mass is 16.6. The van der Waals surface area contributed by atoms with E-state index in [4.69, 9.17) is 0 Å². The van der Waals surface area contributed by atoms with Crippen LogP contribution in [0.5, 0.6) is 0 Å². The van der Waals surface area contributed by atoms with Crippen molar-refractivity contribution in [1.29, 1.82) is 0 Å². The lowest BCUT2D eigenvalue weighted by Crippen LogP contribution is -2.30. The van der Waals surface area contributed by atoms with Crippen LogP contribution in [0.4, 0.5) is 5.69 Å². The van der Waals surface area contributed by atoms with E-state index < -0.39 is 10.3 Å². The molecule has 3 aromatic rings. The van der Waals surface area contributed by atoms with Crippen LogP contribution in [0.15, 0.2) is 42.6 Å². The van der Waals surface area contributed by atoms with Gasteiger partial charge in [0.2, 0.25) is 0 Å². The molecule has 0 saturated carbocycles. The third-order valence-electron chi connectivity index (χ3n) is 4.80. The highest BCUT2D eigenvalue weighted by Gasteiger charge is 2.27. The van der Waals surface area contributed by atoms with Gasteiger partial charge in [-0.05, 0) is 30.0 Å². The Morgan fingerprint density at radius 1 is 1.24 bits per heavy atom. The minimum absolute atomic E-state index is 0.0508. The first kappa shape index (κ1) is 20.4. The molecule has 8 heteroatoms. The average molecular weight is 395 g/mol. The standard InChI is InChI=1S/C21H25N5O3/c1-5-8-16(19-24-23-18-9-6-7-12-25(18)19)22-20(27)14-10-11-15(21(2,3)4)17(13-14)26(28)29/h6-7,9-13,16H,5,8H2,1-4H3,(H,22,27). The van der Waals surface area contributed by atoms with E-state index in [-0.39, 0.29) is 23.2 Å². The van der Waals surface area contributed by atoms with Crippen molar-refractivity contribution in [2.75, 3.05) is 0 Å². The molecule has 8 nitrogen and oxygen atoms in total. The second kappa shape index (κ2) is 7.98. The van der Waals surface area contributed by atoms with Crippen LogP contribution in [0.2, 0.25) is 0 Å². The summed E-state index contributed by atoms with van der Waals surface area (Å²) in [6.45, 7) is 7.74. The van der Waals surface area contributed by atoms with E-state index in [2.05, 4.69) is 15.5 Å². The molecule has 0 bridgehead atoms. The summed E-state index contributed by atoms with van der Waals surface area (Å²) < 4.78 is 1.84. The molecule has 0 aliphatic carbocycles. The maximum absolute atomic E-state index is 12.9. The van der Waals surface area contributed by atoms with Gasteiger partial charge in [-0.25, -0.2) is 0 Å². The van der Waals surface area contributed by atoms with Crippen LogP contribution in [0, 0.1) is 10.1 Å². The molecule has 1 N–H and O–H groups in total. The Hall–Kier alpha value is -3.29. The molecule has 0 aliphatic rings. The van der Waals surface area contributed by atoms with E-state index in [1.165, 1.54) is 6.07 Å². The summed E-state index contributed by atoms with van der Waals surface area (Å²) in [5, 5.41) is 22.9. The van der Waals surface area contributed by atoms with Crippen LogP contribution in [0.25, 0.3) is 5.65 Å². The number of pyridine rings is 1. The maximum Gasteiger partial charge on any atom is 0.273 e. The number of benzene rings is 1. The first-order valence-corrected chi connectivity index (χ1v) is 9.61. The Labute approximate surface area is 169 Å². The Morgan fingerprint density at radius 3 is 2.66 bits per heavy atom. The van der Waals surface area contributed by atoms with Crippen LogP contribution >= 0.6 is 0 Å². The molecule has 1 atom stereocenters. The molecular weight excluding hydrogens is 370 g/mol. The van der Waals surface area contributed by atoms with Gasteiger partial charge in [-0.3, -0.25) is 19.3 Å². The van der Waals surface area contributed by atoms with Crippen molar-refractivity contribution >= 4 is 17.2 Å². The van der Waals surface area contributed by atoms with E-state index in [0.29, 0.717) is 23.5 Å². The minimum atomic E-state index is -0.438. The first-order valence-electron chi connectivity index (χ1n) is 9.61. The first-order chi connectivity index (χ1) is 13.7. The molecule has 0 aliphatic heterocycles. The van der Waals surface area contributed by atoms with Gasteiger partial charge < -0.3 is 5.32 Å². The molecule has 1 amide bonds. The number of nitro groups is 1. The summed E-state index contributed by atoms with van der Waals surface area (Å²) in [7, 11) is 0. The smallest absolute Gasteiger partial charge is 0.273 e. The molecule has 0 spiro atoms. The molecule has 29 heavy (non-hydrogen) atoms. The Bertz CT molecular complexity index is 1050. The van der Waals surface area contributed by atoms with Crippen molar-refractivity contribution in [1.82, 2.24) is 19.9 Å². The molecule has 0 fully saturated rings. The second-order valence-corrected chi connectivity index (χ2v) is 8.04. The van der Waals surface area contributed by atoms with Crippen molar-refractivity contribution in [3.8, 4) is 0 Å². The molecule has 0 saturated heterocycles. The third kappa shape index (κ3) is 4.26. The number of nitrogens with one attached hydrogen (secondary N) is 1. The number of nitro benzene ring substituents is 1. The number of fused-ring (bicyclic) bond motifs is 1. The molecule has 3 rings (SSSR count). The SMILES string of the molecule is CCCC(NC(=O)c1ccc(C(C)(C)C)c([N+](=O)[O-])c1)c1nnc2ccccn12. The lowest BCUT2D eigenvalue weighted by molar-refractivity contribution is -0.386. The summed E-state index contributed by atoms with van der Waals surface area (Å²) in [5.74, 6) is 0.260. The lowest BCUT2D eigenvalue weighted by atomic mass is 9.85. The topological polar surface area (TPSA) is 102 Å². The number of nitrogens with zero attached hydrogens (tertiary/aromatic N) is 4. The fourth-order valence-corrected chi connectivity index (χ4v) is 3.35. The van der Waals surface area contributed by atoms with Gasteiger partial charge in [-0.15, -0.1) is 10.2 Å². The van der Waals surface area contributed by atoms with Crippen molar-refractivity contribution in [2.24, 2.45) is 0 Å². The highest BCUT2D eigenvalue weighted by Crippen LogP contribution is 2.32. The predicted octanol–water partition coefficient (Wildman–Crippen LogP) is 4.21. The largest absolute Gasteiger partial charge is 0.342 e. The van der Waals surface area contributed by atoms with E-state index in [9.17, 15) is 14.9 Å². The number of carbonyl (C=O) groups excluding carboxylic acids is 1. The van der Waals surface area contributed by atoms with Gasteiger partial charge in [-0.1, -0.05) is 46.2 Å². The molecule has 1 unspecified atom stereocenters. The van der Waals surface area contributed by atoms with Crippen molar-refractivity contribution in [3.05, 3.63) is 69.7 Å². The zero-order valence-corrected chi connectivity index (χ0v) is 17.0. The Balaban J connectivity index is 1.93. The fraction of sp³-hybridized carbons (Fsp3) is 0.381. The fourth-order valence-electron chi connectivity index (χ4n) is 3.35. The number of amides is 1. The predicted molar refractivity (Wildman–Crippen MR) is 110 cm³/mol. The van der Waals surface area contributed by atoms with Crippen LogP contribution in [-0.2, 0) is 5.41 Å². The van der Waals surface area contributed by atoms with Crippen LogP contribution in [0.1, 0.15) is 68.3 Å². The lowest BCUT2D eigenvalue weighted by Gasteiger charge is -2.20. The Morgan fingerprint density at radius 2 is 2.00 bits per heavy atom. The Kier molecular flexibility index (Phi) is 5.63. The number of carbonyl (C=O) groups is 1. The molecule has 2 aromatic heterocycles. The van der Waals surface area contributed by atoms with Crippen molar-refractivity contribution in [3.63, 3.8) is 0 Å². The summed E-state index contributed by atoms with van der Waals surface area (Å²) >= 11 is 0. The van der Waals surface area contributed by atoms with Gasteiger partial charge in [0, 0.05) is 23.4 Å². The van der Waals surface area contributed by atoms with E-state index >= 15 is 0 Å². The summed E-state index contributed by atoms with van der Waals surface area (Å²) in [4.78, 5) is 24.0. The normalized spacial score (nSPS) is 12.7. The van der Waals surface area contributed by atoms with Crippen LogP contribution in [0.3, 0.4) is 0 Å². The number of hydrogen-bond donors (Lipinski definition) is 1. The minimum Gasteiger partial charge on any atom is -0.342 e. The van der Waals surface area contributed by atoms with E-state index in [1.54, 1.807) is 12.1 Å².